The molecule has 7 nitrogen and oxygen atoms in total. The first-order chi connectivity index (χ1) is 17.0. The molecule has 3 aromatic rings. The van der Waals surface area contributed by atoms with Crippen molar-refractivity contribution < 1.29 is 19.2 Å². The standard InChI is InChI=1S/C28H27N3O4/c1-2-9-25(33)29-23-16-14-21(15-17-23)24(32)19-31-27(34)26(22-12-7-4-8-13-22)30(28(31)35)18-20-10-5-3-6-11-20/h3-8,10-17,26H,2,9,18-19H2,1H3,(H,29,33). The summed E-state index contributed by atoms with van der Waals surface area (Å²) >= 11 is 0. The van der Waals surface area contributed by atoms with Crippen LogP contribution in [-0.4, -0.2) is 40.0 Å². The molecule has 1 fully saturated rings. The van der Waals surface area contributed by atoms with Crippen LogP contribution in [0.4, 0.5) is 10.5 Å². The third kappa shape index (κ3) is 5.46. The highest BCUT2D eigenvalue weighted by molar-refractivity contribution is 6.09. The number of imide groups is 1. The average Bonchev–Trinajstić information content (AvgIpc) is 3.10. The minimum atomic E-state index is -0.798. The van der Waals surface area contributed by atoms with Crippen LogP contribution in [0.1, 0.15) is 47.3 Å². The van der Waals surface area contributed by atoms with Gasteiger partial charge in [-0.1, -0.05) is 67.6 Å². The van der Waals surface area contributed by atoms with E-state index in [4.69, 9.17) is 0 Å². The van der Waals surface area contributed by atoms with Gasteiger partial charge in [0.05, 0.1) is 6.54 Å². The Balaban J connectivity index is 1.53. The molecule has 1 aliphatic rings. The Kier molecular flexibility index (Phi) is 7.35. The van der Waals surface area contributed by atoms with E-state index < -0.39 is 18.0 Å². The second-order valence-corrected chi connectivity index (χ2v) is 8.43. The van der Waals surface area contributed by atoms with Crippen LogP contribution in [-0.2, 0) is 16.1 Å². The van der Waals surface area contributed by atoms with Crippen LogP contribution < -0.4 is 5.32 Å². The second kappa shape index (κ2) is 10.8. The smallest absolute Gasteiger partial charge is 0.326 e. The van der Waals surface area contributed by atoms with Gasteiger partial charge in [0, 0.05) is 24.2 Å². The van der Waals surface area contributed by atoms with Gasteiger partial charge in [-0.2, -0.15) is 0 Å². The summed E-state index contributed by atoms with van der Waals surface area (Å²) in [5.74, 6) is -0.870. The fourth-order valence-corrected chi connectivity index (χ4v) is 4.11. The summed E-state index contributed by atoms with van der Waals surface area (Å²) in [6, 6.07) is 23.7. The quantitative estimate of drug-likeness (QED) is 0.360. The lowest BCUT2D eigenvalue weighted by molar-refractivity contribution is -0.128. The average molecular weight is 470 g/mol. The number of carbonyl (C=O) groups excluding carboxylic acids is 4. The number of hydrogen-bond donors (Lipinski definition) is 1. The normalized spacial score (nSPS) is 15.4. The van der Waals surface area contributed by atoms with Crippen molar-refractivity contribution in [1.29, 1.82) is 0 Å². The monoisotopic (exact) mass is 469 g/mol. The van der Waals surface area contributed by atoms with Crippen LogP contribution in [0.15, 0.2) is 84.9 Å². The van der Waals surface area contributed by atoms with Crippen molar-refractivity contribution in [1.82, 2.24) is 9.80 Å². The van der Waals surface area contributed by atoms with Gasteiger partial charge in [0.25, 0.3) is 5.91 Å². The summed E-state index contributed by atoms with van der Waals surface area (Å²) in [5, 5.41) is 2.77. The van der Waals surface area contributed by atoms with Crippen LogP contribution in [0.25, 0.3) is 0 Å². The van der Waals surface area contributed by atoms with Crippen molar-refractivity contribution in [2.45, 2.75) is 32.4 Å². The zero-order chi connectivity index (χ0) is 24.8. The molecule has 0 spiro atoms. The van der Waals surface area contributed by atoms with Crippen LogP contribution in [0.5, 0.6) is 0 Å². The summed E-state index contributed by atoms with van der Waals surface area (Å²) in [7, 11) is 0. The van der Waals surface area contributed by atoms with E-state index in [1.807, 2.05) is 67.6 Å². The lowest BCUT2D eigenvalue weighted by Crippen LogP contribution is -2.36. The van der Waals surface area contributed by atoms with Crippen molar-refractivity contribution in [2.24, 2.45) is 0 Å². The van der Waals surface area contributed by atoms with Gasteiger partial charge in [-0.3, -0.25) is 19.3 Å². The number of ketones is 1. The molecule has 1 unspecified atom stereocenters. The first-order valence-corrected chi connectivity index (χ1v) is 11.6. The van der Waals surface area contributed by atoms with Gasteiger partial charge >= 0.3 is 6.03 Å². The van der Waals surface area contributed by atoms with E-state index in [0.29, 0.717) is 23.2 Å². The Hall–Kier alpha value is -4.26. The lowest BCUT2D eigenvalue weighted by atomic mass is 10.0. The van der Waals surface area contributed by atoms with Crippen molar-refractivity contribution >= 4 is 29.3 Å². The second-order valence-electron chi connectivity index (χ2n) is 8.43. The van der Waals surface area contributed by atoms with E-state index in [0.717, 1.165) is 16.9 Å². The molecular formula is C28H27N3O4. The lowest BCUT2D eigenvalue weighted by Gasteiger charge is -2.22. The molecule has 4 amide bonds. The fourth-order valence-electron chi connectivity index (χ4n) is 4.11. The maximum atomic E-state index is 13.4. The molecule has 7 heteroatoms. The zero-order valence-electron chi connectivity index (χ0n) is 19.5. The molecule has 4 rings (SSSR count). The van der Waals surface area contributed by atoms with Gasteiger partial charge in [-0.05, 0) is 41.8 Å². The van der Waals surface area contributed by atoms with Crippen LogP contribution in [0.3, 0.4) is 0 Å². The molecule has 0 bridgehead atoms. The Bertz CT molecular complexity index is 1210. The molecule has 0 saturated carbocycles. The molecule has 1 aliphatic heterocycles. The van der Waals surface area contributed by atoms with Gasteiger partial charge in [-0.25, -0.2) is 4.79 Å². The number of Topliss-reactive ketones (excluding diaryl/α,β-unsaturated/α-hetero) is 1. The number of nitrogens with zero attached hydrogens (tertiary/aromatic N) is 2. The summed E-state index contributed by atoms with van der Waals surface area (Å²) < 4.78 is 0. The van der Waals surface area contributed by atoms with Crippen molar-refractivity contribution in [3.63, 3.8) is 0 Å². The van der Waals surface area contributed by atoms with Gasteiger partial charge in [-0.15, -0.1) is 0 Å². The SMILES string of the molecule is CCCC(=O)Nc1ccc(C(=O)CN2C(=O)C(c3ccccc3)N(Cc3ccccc3)C2=O)cc1. The summed E-state index contributed by atoms with van der Waals surface area (Å²) in [4.78, 5) is 54.0. The molecule has 3 aromatic carbocycles. The number of urea groups is 1. The minimum Gasteiger partial charge on any atom is -0.326 e. The Morgan fingerprint density at radius 1 is 0.857 bits per heavy atom. The summed E-state index contributed by atoms with van der Waals surface area (Å²) in [5.41, 5.74) is 2.54. The van der Waals surface area contributed by atoms with E-state index in [2.05, 4.69) is 5.32 Å². The Morgan fingerprint density at radius 2 is 1.49 bits per heavy atom. The number of amides is 4. The van der Waals surface area contributed by atoms with Gasteiger partial charge in [0.1, 0.15) is 6.04 Å². The molecule has 35 heavy (non-hydrogen) atoms. The summed E-state index contributed by atoms with van der Waals surface area (Å²) in [6.45, 7) is 1.82. The topological polar surface area (TPSA) is 86.8 Å². The highest BCUT2D eigenvalue weighted by Gasteiger charge is 2.46. The molecule has 1 heterocycles. The molecule has 0 radical (unpaired) electrons. The van der Waals surface area contributed by atoms with Crippen molar-refractivity contribution in [3.8, 4) is 0 Å². The third-order valence-electron chi connectivity index (χ3n) is 5.87. The molecule has 1 atom stereocenters. The van der Waals surface area contributed by atoms with Crippen molar-refractivity contribution in [2.75, 3.05) is 11.9 Å². The molecule has 178 valence electrons. The van der Waals surface area contributed by atoms with Crippen LogP contribution in [0.2, 0.25) is 0 Å². The third-order valence-corrected chi connectivity index (χ3v) is 5.87. The van der Waals surface area contributed by atoms with E-state index in [1.54, 1.807) is 24.3 Å². The molecule has 0 aliphatic carbocycles. The predicted molar refractivity (Wildman–Crippen MR) is 133 cm³/mol. The largest absolute Gasteiger partial charge is 0.328 e. The van der Waals surface area contributed by atoms with Gasteiger partial charge in [0.2, 0.25) is 5.91 Å². The highest BCUT2D eigenvalue weighted by Crippen LogP contribution is 2.32. The highest BCUT2D eigenvalue weighted by atomic mass is 16.2. The van der Waals surface area contributed by atoms with E-state index in [9.17, 15) is 19.2 Å². The Labute approximate surface area is 204 Å². The predicted octanol–water partition coefficient (Wildman–Crippen LogP) is 4.81. The number of hydrogen-bond acceptors (Lipinski definition) is 4. The van der Waals surface area contributed by atoms with E-state index in [-0.39, 0.29) is 24.8 Å². The van der Waals surface area contributed by atoms with Crippen molar-refractivity contribution in [3.05, 3.63) is 102 Å². The molecule has 0 aromatic heterocycles. The fraction of sp³-hybridized carbons (Fsp3) is 0.214. The maximum Gasteiger partial charge on any atom is 0.328 e. The number of anilines is 1. The van der Waals surface area contributed by atoms with E-state index in [1.165, 1.54) is 4.90 Å². The van der Waals surface area contributed by atoms with E-state index >= 15 is 0 Å². The minimum absolute atomic E-state index is 0.0923. The van der Waals surface area contributed by atoms with Gasteiger partial charge in [0.15, 0.2) is 5.78 Å². The number of rotatable bonds is 9. The first kappa shape index (κ1) is 23.9. The van der Waals surface area contributed by atoms with Gasteiger partial charge < -0.3 is 10.2 Å². The Morgan fingerprint density at radius 3 is 2.11 bits per heavy atom. The first-order valence-electron chi connectivity index (χ1n) is 11.6. The number of nitrogens with one attached hydrogen (secondary N) is 1. The molecular weight excluding hydrogens is 442 g/mol. The maximum absolute atomic E-state index is 13.4. The summed E-state index contributed by atoms with van der Waals surface area (Å²) in [6.07, 6.45) is 1.16. The molecule has 1 N–H and O–H groups in total. The van der Waals surface area contributed by atoms with Crippen LogP contribution in [0, 0.1) is 0 Å². The number of carbonyl (C=O) groups is 4. The van der Waals surface area contributed by atoms with Crippen LogP contribution >= 0.6 is 0 Å². The molecule has 1 saturated heterocycles. The number of benzene rings is 3. The zero-order valence-corrected chi connectivity index (χ0v) is 19.5.